The maximum Gasteiger partial charge on any atom is 0.253 e. The fourth-order valence-corrected chi connectivity index (χ4v) is 1.16. The van der Waals surface area contributed by atoms with E-state index in [4.69, 9.17) is 18.0 Å². The van der Waals surface area contributed by atoms with Gasteiger partial charge in [-0.2, -0.15) is 0 Å². The summed E-state index contributed by atoms with van der Waals surface area (Å²) in [5.74, 6) is 2.29. The van der Waals surface area contributed by atoms with Crippen molar-refractivity contribution >= 4 is 17.5 Å². The van der Waals surface area contributed by atoms with Crippen molar-refractivity contribution in [3.8, 4) is 12.3 Å². The van der Waals surface area contributed by atoms with E-state index in [-0.39, 0.29) is 11.9 Å². The highest BCUT2D eigenvalue weighted by atomic mass is 35.5. The molecule has 0 bridgehead atoms. The number of aromatic nitrogens is 1. The second-order valence-electron chi connectivity index (χ2n) is 3.15. The van der Waals surface area contributed by atoms with E-state index in [1.54, 1.807) is 12.1 Å². The molecule has 1 N–H and O–H groups in total. The largest absolute Gasteiger partial charge is 0.349 e. The van der Waals surface area contributed by atoms with Crippen LogP contribution in [-0.4, -0.2) is 16.9 Å². The van der Waals surface area contributed by atoms with Gasteiger partial charge in [0, 0.05) is 18.7 Å². The van der Waals surface area contributed by atoms with Gasteiger partial charge in [-0.25, -0.2) is 4.98 Å². The second kappa shape index (κ2) is 5.38. The van der Waals surface area contributed by atoms with Crippen molar-refractivity contribution in [1.82, 2.24) is 10.3 Å². The van der Waals surface area contributed by atoms with Crippen molar-refractivity contribution in [2.45, 2.75) is 19.4 Å². The van der Waals surface area contributed by atoms with Crippen molar-refractivity contribution in [3.05, 3.63) is 29.0 Å². The van der Waals surface area contributed by atoms with Gasteiger partial charge in [0.1, 0.15) is 5.15 Å². The van der Waals surface area contributed by atoms with Gasteiger partial charge in [-0.3, -0.25) is 4.79 Å². The predicted molar refractivity (Wildman–Crippen MR) is 59.6 cm³/mol. The zero-order valence-electron chi connectivity index (χ0n) is 8.33. The first-order valence-electron chi connectivity index (χ1n) is 4.49. The summed E-state index contributed by atoms with van der Waals surface area (Å²) in [5, 5.41) is 3.12. The molecule has 0 saturated heterocycles. The Hall–Kier alpha value is -1.53. The van der Waals surface area contributed by atoms with Crippen molar-refractivity contribution in [1.29, 1.82) is 0 Å². The standard InChI is InChI=1S/C11H11ClN2O/c1-3-4-8(2)14-11(15)9-5-6-10(12)13-7-9/h1,5-8H,4H2,2H3,(H,14,15). The van der Waals surface area contributed by atoms with Gasteiger partial charge in [-0.15, -0.1) is 12.3 Å². The number of pyridine rings is 1. The minimum Gasteiger partial charge on any atom is -0.349 e. The smallest absolute Gasteiger partial charge is 0.253 e. The molecule has 1 unspecified atom stereocenters. The number of nitrogens with zero attached hydrogens (tertiary/aromatic N) is 1. The van der Waals surface area contributed by atoms with Crippen LogP contribution in [0.1, 0.15) is 23.7 Å². The molecule has 15 heavy (non-hydrogen) atoms. The van der Waals surface area contributed by atoms with E-state index in [2.05, 4.69) is 16.2 Å². The molecule has 0 saturated carbocycles. The Morgan fingerprint density at radius 1 is 1.73 bits per heavy atom. The van der Waals surface area contributed by atoms with Gasteiger partial charge in [-0.05, 0) is 19.1 Å². The van der Waals surface area contributed by atoms with Crippen LogP contribution in [0.25, 0.3) is 0 Å². The monoisotopic (exact) mass is 222 g/mol. The zero-order valence-corrected chi connectivity index (χ0v) is 9.08. The van der Waals surface area contributed by atoms with Gasteiger partial charge in [0.2, 0.25) is 0 Å². The average molecular weight is 223 g/mol. The van der Waals surface area contributed by atoms with Crippen LogP contribution in [0.4, 0.5) is 0 Å². The quantitative estimate of drug-likeness (QED) is 0.627. The van der Waals surface area contributed by atoms with Crippen LogP contribution in [0.5, 0.6) is 0 Å². The third-order valence-corrected chi connectivity index (χ3v) is 2.01. The number of nitrogens with one attached hydrogen (secondary N) is 1. The van der Waals surface area contributed by atoms with Crippen LogP contribution >= 0.6 is 11.6 Å². The molecule has 1 amide bonds. The molecule has 0 radical (unpaired) electrons. The third kappa shape index (κ3) is 3.61. The minimum absolute atomic E-state index is 0.0434. The molecule has 3 nitrogen and oxygen atoms in total. The van der Waals surface area contributed by atoms with Crippen molar-refractivity contribution in [2.24, 2.45) is 0 Å². The molecule has 4 heteroatoms. The van der Waals surface area contributed by atoms with Crippen molar-refractivity contribution in [3.63, 3.8) is 0 Å². The molecule has 1 aromatic rings. The summed E-state index contributed by atoms with van der Waals surface area (Å²) in [6, 6.07) is 3.15. The number of carbonyl (C=O) groups excluding carboxylic acids is 1. The van der Waals surface area contributed by atoms with Crippen LogP contribution in [0.3, 0.4) is 0 Å². The number of halogens is 1. The first kappa shape index (κ1) is 11.5. The minimum atomic E-state index is -0.193. The lowest BCUT2D eigenvalue weighted by molar-refractivity contribution is 0.0940. The molecule has 1 rings (SSSR count). The Morgan fingerprint density at radius 2 is 2.47 bits per heavy atom. The SMILES string of the molecule is C#CCC(C)NC(=O)c1ccc(Cl)nc1. The van der Waals surface area contributed by atoms with Crippen LogP contribution in [-0.2, 0) is 0 Å². The van der Waals surface area contributed by atoms with Crippen LogP contribution in [0.2, 0.25) is 5.15 Å². The summed E-state index contributed by atoms with van der Waals surface area (Å²) in [4.78, 5) is 15.4. The highest BCUT2D eigenvalue weighted by Gasteiger charge is 2.08. The Morgan fingerprint density at radius 3 is 3.00 bits per heavy atom. The van der Waals surface area contributed by atoms with Crippen LogP contribution in [0.15, 0.2) is 18.3 Å². The number of rotatable bonds is 3. The van der Waals surface area contributed by atoms with Crippen LogP contribution < -0.4 is 5.32 Å². The summed E-state index contributed by atoms with van der Waals surface area (Å²) in [6.07, 6.45) is 7.07. The molecular formula is C11H11ClN2O. The number of terminal acetylenes is 1. The van der Waals surface area contributed by atoms with Gasteiger partial charge in [-0.1, -0.05) is 11.6 Å². The maximum absolute atomic E-state index is 11.6. The summed E-state index contributed by atoms with van der Waals surface area (Å²) in [5.41, 5.74) is 0.475. The molecule has 1 heterocycles. The topological polar surface area (TPSA) is 42.0 Å². The van der Waals surface area contributed by atoms with Gasteiger partial charge < -0.3 is 5.32 Å². The van der Waals surface area contributed by atoms with Gasteiger partial charge >= 0.3 is 0 Å². The van der Waals surface area contributed by atoms with E-state index in [1.807, 2.05) is 6.92 Å². The number of amides is 1. The molecule has 0 aromatic carbocycles. The number of carbonyl (C=O) groups is 1. The fraction of sp³-hybridized carbons (Fsp3) is 0.273. The van der Waals surface area contributed by atoms with Gasteiger partial charge in [0.25, 0.3) is 5.91 Å². The molecule has 0 aliphatic heterocycles. The second-order valence-corrected chi connectivity index (χ2v) is 3.54. The van der Waals surface area contributed by atoms with E-state index in [0.717, 1.165) is 0 Å². The highest BCUT2D eigenvalue weighted by molar-refractivity contribution is 6.29. The summed E-state index contributed by atoms with van der Waals surface area (Å²) < 4.78 is 0. The molecule has 0 fully saturated rings. The van der Waals surface area contributed by atoms with Gasteiger partial charge in [0.05, 0.1) is 5.56 Å². The molecule has 0 spiro atoms. The average Bonchev–Trinajstić information content (AvgIpc) is 2.18. The Kier molecular flexibility index (Phi) is 4.14. The molecule has 78 valence electrons. The normalized spacial score (nSPS) is 11.5. The molecule has 1 atom stereocenters. The third-order valence-electron chi connectivity index (χ3n) is 1.79. The summed E-state index contributed by atoms with van der Waals surface area (Å²) >= 11 is 5.60. The molecule has 0 aliphatic rings. The van der Waals surface area contributed by atoms with E-state index < -0.39 is 0 Å². The lowest BCUT2D eigenvalue weighted by Gasteiger charge is -2.10. The van der Waals surface area contributed by atoms with E-state index in [9.17, 15) is 4.79 Å². The number of hydrogen-bond acceptors (Lipinski definition) is 2. The van der Waals surface area contributed by atoms with Crippen LogP contribution in [0, 0.1) is 12.3 Å². The Labute approximate surface area is 93.9 Å². The van der Waals surface area contributed by atoms with Gasteiger partial charge in [0.15, 0.2) is 0 Å². The fourth-order valence-electron chi connectivity index (χ4n) is 1.05. The summed E-state index contributed by atoms with van der Waals surface area (Å²) in [6.45, 7) is 1.85. The zero-order chi connectivity index (χ0) is 11.3. The number of hydrogen-bond donors (Lipinski definition) is 1. The summed E-state index contributed by atoms with van der Waals surface area (Å²) in [7, 11) is 0. The van der Waals surface area contributed by atoms with Crippen molar-refractivity contribution < 1.29 is 4.79 Å². The predicted octanol–water partition coefficient (Wildman–Crippen LogP) is 1.88. The lowest BCUT2D eigenvalue weighted by atomic mass is 10.2. The first-order valence-corrected chi connectivity index (χ1v) is 4.87. The van der Waals surface area contributed by atoms with Crippen molar-refractivity contribution in [2.75, 3.05) is 0 Å². The molecule has 0 aliphatic carbocycles. The van der Waals surface area contributed by atoms with E-state index in [0.29, 0.717) is 17.1 Å². The molecular weight excluding hydrogens is 212 g/mol. The Bertz CT molecular complexity index is 381. The first-order chi connectivity index (χ1) is 7.13. The highest BCUT2D eigenvalue weighted by Crippen LogP contribution is 2.05. The van der Waals surface area contributed by atoms with E-state index in [1.165, 1.54) is 6.20 Å². The Balaban J connectivity index is 2.62. The molecule has 1 aromatic heterocycles. The lowest BCUT2D eigenvalue weighted by Crippen LogP contribution is -2.32. The maximum atomic E-state index is 11.6. The van der Waals surface area contributed by atoms with E-state index >= 15 is 0 Å².